The zero-order valence-electron chi connectivity index (χ0n) is 10.9. The zero-order chi connectivity index (χ0) is 14.6. The molecule has 0 unspecified atom stereocenters. The van der Waals surface area contributed by atoms with Crippen molar-refractivity contribution in [2.45, 2.75) is 26.9 Å². The Hall–Kier alpha value is -1.26. The summed E-state index contributed by atoms with van der Waals surface area (Å²) < 4.78 is 4.99. The van der Waals surface area contributed by atoms with Gasteiger partial charge in [0, 0.05) is 5.02 Å². The highest BCUT2D eigenvalue weighted by Crippen LogP contribution is 2.25. The Balaban J connectivity index is 2.66. The van der Waals surface area contributed by atoms with Crippen molar-refractivity contribution in [3.63, 3.8) is 0 Å². The summed E-state index contributed by atoms with van der Waals surface area (Å²) >= 11 is 11.7. The van der Waals surface area contributed by atoms with Gasteiger partial charge in [0.2, 0.25) is 0 Å². The standard InChI is InChI=1S/C13H15Cl2NO3/c1-7(2)13(18)19-8(3)12(17)16-11-5-4-9(14)6-10(11)15/h4-8H,1-3H3,(H,16,17)/t8-/m0/s1. The summed E-state index contributed by atoms with van der Waals surface area (Å²) in [5.74, 6) is -1.16. The molecule has 0 radical (unpaired) electrons. The van der Waals surface area contributed by atoms with Crippen LogP contribution in [0.4, 0.5) is 5.69 Å². The highest BCUT2D eigenvalue weighted by atomic mass is 35.5. The number of nitrogens with one attached hydrogen (secondary N) is 1. The third-order valence-electron chi connectivity index (χ3n) is 2.32. The average Bonchev–Trinajstić information content (AvgIpc) is 2.32. The molecule has 0 bridgehead atoms. The van der Waals surface area contributed by atoms with Gasteiger partial charge in [0.05, 0.1) is 16.6 Å². The lowest BCUT2D eigenvalue weighted by atomic mass is 10.2. The van der Waals surface area contributed by atoms with E-state index in [1.165, 1.54) is 13.0 Å². The summed E-state index contributed by atoms with van der Waals surface area (Å²) in [5, 5.41) is 3.37. The minimum atomic E-state index is -0.887. The van der Waals surface area contributed by atoms with E-state index in [1.807, 2.05) is 0 Å². The first-order valence-electron chi connectivity index (χ1n) is 5.77. The molecule has 0 aromatic heterocycles. The molecule has 0 saturated heterocycles. The molecule has 0 aliphatic heterocycles. The van der Waals surface area contributed by atoms with Crippen LogP contribution in [0.25, 0.3) is 0 Å². The first-order valence-corrected chi connectivity index (χ1v) is 6.53. The largest absolute Gasteiger partial charge is 0.452 e. The summed E-state index contributed by atoms with van der Waals surface area (Å²) in [4.78, 5) is 23.2. The van der Waals surface area contributed by atoms with E-state index >= 15 is 0 Å². The van der Waals surface area contributed by atoms with Crippen LogP contribution < -0.4 is 5.32 Å². The highest BCUT2D eigenvalue weighted by Gasteiger charge is 2.20. The van der Waals surface area contributed by atoms with Crippen LogP contribution >= 0.6 is 23.2 Å². The summed E-state index contributed by atoms with van der Waals surface area (Å²) in [6, 6.07) is 4.71. The summed E-state index contributed by atoms with van der Waals surface area (Å²) in [7, 11) is 0. The fourth-order valence-electron chi connectivity index (χ4n) is 1.19. The summed E-state index contributed by atoms with van der Waals surface area (Å²) in [6.45, 7) is 4.89. The van der Waals surface area contributed by atoms with Crippen LogP contribution in [-0.4, -0.2) is 18.0 Å². The third kappa shape index (κ3) is 4.73. The van der Waals surface area contributed by atoms with Gasteiger partial charge < -0.3 is 10.1 Å². The Kier molecular flexibility index (Phi) is 5.63. The molecular formula is C13H15Cl2NO3. The van der Waals surface area contributed by atoms with E-state index in [9.17, 15) is 9.59 Å². The molecule has 1 rings (SSSR count). The summed E-state index contributed by atoms with van der Waals surface area (Å²) in [6.07, 6.45) is -0.887. The average molecular weight is 304 g/mol. The molecule has 1 N–H and O–H groups in total. The number of esters is 1. The van der Waals surface area contributed by atoms with Gasteiger partial charge in [-0.05, 0) is 25.1 Å². The van der Waals surface area contributed by atoms with Crippen molar-refractivity contribution in [3.8, 4) is 0 Å². The van der Waals surface area contributed by atoms with E-state index in [4.69, 9.17) is 27.9 Å². The second-order valence-electron chi connectivity index (χ2n) is 4.35. The van der Waals surface area contributed by atoms with Gasteiger partial charge in [-0.15, -0.1) is 0 Å². The lowest BCUT2D eigenvalue weighted by Gasteiger charge is -2.15. The van der Waals surface area contributed by atoms with Gasteiger partial charge in [0.25, 0.3) is 5.91 Å². The first-order chi connectivity index (χ1) is 8.81. The molecule has 0 saturated carbocycles. The summed E-state index contributed by atoms with van der Waals surface area (Å²) in [5.41, 5.74) is 0.420. The molecule has 0 heterocycles. The van der Waals surface area contributed by atoms with Crippen molar-refractivity contribution < 1.29 is 14.3 Å². The van der Waals surface area contributed by atoms with Crippen LogP contribution in [0.5, 0.6) is 0 Å². The Labute approximate surface area is 122 Å². The number of rotatable bonds is 4. The predicted octanol–water partition coefficient (Wildman–Crippen LogP) is 3.52. The van der Waals surface area contributed by atoms with Gasteiger partial charge in [-0.1, -0.05) is 37.0 Å². The third-order valence-corrected chi connectivity index (χ3v) is 2.87. The molecule has 1 amide bonds. The van der Waals surface area contributed by atoms with Gasteiger partial charge in [-0.3, -0.25) is 9.59 Å². The molecule has 0 spiro atoms. The van der Waals surface area contributed by atoms with Crippen molar-refractivity contribution in [3.05, 3.63) is 28.2 Å². The second kappa shape index (κ2) is 6.78. The lowest BCUT2D eigenvalue weighted by Crippen LogP contribution is -2.31. The molecule has 104 valence electrons. The Bertz CT molecular complexity index is 489. The Morgan fingerprint density at radius 2 is 1.84 bits per heavy atom. The monoisotopic (exact) mass is 303 g/mol. The number of ether oxygens (including phenoxy) is 1. The van der Waals surface area contributed by atoms with E-state index in [0.717, 1.165) is 0 Å². The molecule has 1 atom stereocenters. The number of hydrogen-bond acceptors (Lipinski definition) is 3. The molecule has 6 heteroatoms. The van der Waals surface area contributed by atoms with Gasteiger partial charge in [-0.25, -0.2) is 0 Å². The minimum Gasteiger partial charge on any atom is -0.452 e. The molecular weight excluding hydrogens is 289 g/mol. The topological polar surface area (TPSA) is 55.4 Å². The SMILES string of the molecule is CC(C)C(=O)O[C@@H](C)C(=O)Nc1ccc(Cl)cc1Cl. The number of hydrogen-bond donors (Lipinski definition) is 1. The van der Waals surface area contributed by atoms with Crippen molar-refractivity contribution in [2.24, 2.45) is 5.92 Å². The van der Waals surface area contributed by atoms with Crippen molar-refractivity contribution in [1.82, 2.24) is 0 Å². The molecule has 4 nitrogen and oxygen atoms in total. The molecule has 0 aliphatic carbocycles. The maximum Gasteiger partial charge on any atom is 0.309 e. The minimum absolute atomic E-state index is 0.283. The van der Waals surface area contributed by atoms with Crippen LogP contribution in [0.15, 0.2) is 18.2 Å². The zero-order valence-corrected chi connectivity index (χ0v) is 12.4. The number of halogens is 2. The fourth-order valence-corrected chi connectivity index (χ4v) is 1.64. The maximum absolute atomic E-state index is 11.8. The fraction of sp³-hybridized carbons (Fsp3) is 0.385. The van der Waals surface area contributed by atoms with Gasteiger partial charge in [0.15, 0.2) is 6.10 Å². The van der Waals surface area contributed by atoms with Crippen LogP contribution in [-0.2, 0) is 14.3 Å². The first kappa shape index (κ1) is 15.8. The number of carbonyl (C=O) groups is 2. The van der Waals surface area contributed by atoms with E-state index < -0.39 is 18.0 Å². The smallest absolute Gasteiger partial charge is 0.309 e. The highest BCUT2D eigenvalue weighted by molar-refractivity contribution is 6.36. The molecule has 19 heavy (non-hydrogen) atoms. The lowest BCUT2D eigenvalue weighted by molar-refractivity contribution is -0.156. The molecule has 1 aromatic carbocycles. The van der Waals surface area contributed by atoms with Crippen molar-refractivity contribution >= 4 is 40.8 Å². The number of anilines is 1. The van der Waals surface area contributed by atoms with Crippen LogP contribution in [0.3, 0.4) is 0 Å². The second-order valence-corrected chi connectivity index (χ2v) is 5.19. The molecule has 0 aliphatic rings. The molecule has 0 fully saturated rings. The van der Waals surface area contributed by atoms with Gasteiger partial charge in [-0.2, -0.15) is 0 Å². The number of benzene rings is 1. The Morgan fingerprint density at radius 1 is 1.21 bits per heavy atom. The van der Waals surface area contributed by atoms with Crippen LogP contribution in [0, 0.1) is 5.92 Å². The normalized spacial score (nSPS) is 12.1. The van der Waals surface area contributed by atoms with E-state index in [1.54, 1.807) is 26.0 Å². The van der Waals surface area contributed by atoms with Gasteiger partial charge >= 0.3 is 5.97 Å². The van der Waals surface area contributed by atoms with Crippen LogP contribution in [0.2, 0.25) is 10.0 Å². The quantitative estimate of drug-likeness (QED) is 0.866. The number of amides is 1. The maximum atomic E-state index is 11.8. The van der Waals surface area contributed by atoms with Gasteiger partial charge in [0.1, 0.15) is 0 Å². The van der Waals surface area contributed by atoms with Crippen molar-refractivity contribution in [2.75, 3.05) is 5.32 Å². The Morgan fingerprint density at radius 3 is 2.37 bits per heavy atom. The van der Waals surface area contributed by atoms with E-state index in [-0.39, 0.29) is 5.92 Å². The van der Waals surface area contributed by atoms with Crippen LogP contribution in [0.1, 0.15) is 20.8 Å². The van der Waals surface area contributed by atoms with E-state index in [2.05, 4.69) is 5.32 Å². The number of carbonyl (C=O) groups excluding carboxylic acids is 2. The van der Waals surface area contributed by atoms with Crippen molar-refractivity contribution in [1.29, 1.82) is 0 Å². The molecule has 1 aromatic rings. The predicted molar refractivity (Wildman–Crippen MR) is 75.5 cm³/mol. The van der Waals surface area contributed by atoms with E-state index in [0.29, 0.717) is 15.7 Å².